The van der Waals surface area contributed by atoms with Crippen molar-refractivity contribution < 1.29 is 14.3 Å². The van der Waals surface area contributed by atoms with E-state index in [2.05, 4.69) is 29.3 Å². The lowest BCUT2D eigenvalue weighted by molar-refractivity contribution is -0.155. The second-order valence-electron chi connectivity index (χ2n) is 7.10. The molecule has 2 aromatic rings. The first kappa shape index (κ1) is 20.9. The molecule has 6 heteroatoms. The van der Waals surface area contributed by atoms with Gasteiger partial charge in [0.05, 0.1) is 6.61 Å². The third-order valence-electron chi connectivity index (χ3n) is 5.10. The number of para-hydroxylation sites is 1. The molecule has 0 bridgehead atoms. The molecule has 2 aromatic carbocycles. The van der Waals surface area contributed by atoms with Crippen LogP contribution in [0.4, 0.5) is 5.69 Å². The Bertz CT molecular complexity index is 782. The van der Waals surface area contributed by atoms with Gasteiger partial charge in [0.25, 0.3) is 0 Å². The van der Waals surface area contributed by atoms with Crippen molar-refractivity contribution in [3.8, 4) is 0 Å². The number of hydrogen-bond acceptors (Lipinski definition) is 4. The predicted molar refractivity (Wildman–Crippen MR) is 114 cm³/mol. The normalized spacial score (nSPS) is 16.5. The Balaban J connectivity index is 1.51. The molecule has 154 valence electrons. The summed E-state index contributed by atoms with van der Waals surface area (Å²) in [6.07, 6.45) is 0.828. The number of hydrogen-bond donors (Lipinski definition) is 1. The minimum absolute atomic E-state index is 0.0269. The van der Waals surface area contributed by atoms with Gasteiger partial charge in [-0.15, -0.1) is 0 Å². The summed E-state index contributed by atoms with van der Waals surface area (Å²) in [5, 5.41) is 2.98. The van der Waals surface area contributed by atoms with Crippen molar-refractivity contribution in [2.45, 2.75) is 25.9 Å². The highest BCUT2D eigenvalue weighted by Gasteiger charge is 2.33. The Kier molecular flexibility index (Phi) is 7.64. The number of ether oxygens (including phenoxy) is 1. The van der Waals surface area contributed by atoms with Crippen LogP contribution in [0.3, 0.4) is 0 Å². The molecule has 1 atom stereocenters. The molecule has 0 unspecified atom stereocenters. The molecular weight excluding hydrogens is 366 g/mol. The first-order chi connectivity index (χ1) is 14.2. The molecule has 3 rings (SSSR count). The molecule has 0 aromatic heterocycles. The summed E-state index contributed by atoms with van der Waals surface area (Å²) in [7, 11) is 0. The van der Waals surface area contributed by atoms with Crippen LogP contribution in [0, 0.1) is 0 Å². The molecule has 0 spiro atoms. The number of anilines is 1. The molecule has 1 saturated heterocycles. The number of rotatable bonds is 9. The van der Waals surface area contributed by atoms with Gasteiger partial charge < -0.3 is 19.9 Å². The van der Waals surface area contributed by atoms with Crippen LogP contribution in [0.25, 0.3) is 0 Å². The minimum atomic E-state index is -0.590. The maximum absolute atomic E-state index is 12.7. The predicted octanol–water partition coefficient (Wildman–Crippen LogP) is 2.45. The lowest BCUT2D eigenvalue weighted by Gasteiger charge is -2.34. The smallest absolute Gasteiger partial charge is 0.249 e. The third kappa shape index (κ3) is 5.81. The van der Waals surface area contributed by atoms with E-state index in [1.807, 2.05) is 48.5 Å². The van der Waals surface area contributed by atoms with Gasteiger partial charge in [-0.2, -0.15) is 0 Å². The van der Waals surface area contributed by atoms with Crippen LogP contribution >= 0.6 is 0 Å². The van der Waals surface area contributed by atoms with Gasteiger partial charge >= 0.3 is 0 Å². The summed E-state index contributed by atoms with van der Waals surface area (Å²) in [5.74, 6) is -0.307. The number of carbonyl (C=O) groups is 2. The summed E-state index contributed by atoms with van der Waals surface area (Å²) >= 11 is 0. The fraction of sp³-hybridized carbons (Fsp3) is 0.391. The van der Waals surface area contributed by atoms with Gasteiger partial charge in [-0.05, 0) is 31.0 Å². The molecule has 0 saturated carbocycles. The first-order valence-electron chi connectivity index (χ1n) is 10.2. The van der Waals surface area contributed by atoms with E-state index in [0.717, 1.165) is 25.1 Å². The standard InChI is InChI=1S/C23H29N3O3/c1-2-25(20-12-7-4-8-13-20)15-9-14-24-23(28)21-17-29-18-22(27)26(21)16-19-10-5-3-6-11-19/h3-8,10-13,21H,2,9,14-18H2,1H3,(H,24,28)/t21-/m0/s1. The molecule has 1 fully saturated rings. The molecule has 29 heavy (non-hydrogen) atoms. The van der Waals surface area contributed by atoms with Crippen LogP contribution in [-0.4, -0.2) is 55.6 Å². The van der Waals surface area contributed by atoms with Crippen LogP contribution in [-0.2, 0) is 20.9 Å². The zero-order chi connectivity index (χ0) is 20.5. The Hall–Kier alpha value is -2.86. The van der Waals surface area contributed by atoms with Gasteiger partial charge in [0.2, 0.25) is 11.8 Å². The van der Waals surface area contributed by atoms with Crippen molar-refractivity contribution >= 4 is 17.5 Å². The molecule has 0 radical (unpaired) electrons. The number of amides is 2. The van der Waals surface area contributed by atoms with Crippen molar-refractivity contribution in [3.63, 3.8) is 0 Å². The van der Waals surface area contributed by atoms with Crippen LogP contribution in [0.5, 0.6) is 0 Å². The van der Waals surface area contributed by atoms with E-state index in [9.17, 15) is 9.59 Å². The van der Waals surface area contributed by atoms with Gasteiger partial charge in [0, 0.05) is 31.9 Å². The van der Waals surface area contributed by atoms with E-state index in [0.29, 0.717) is 13.1 Å². The van der Waals surface area contributed by atoms with Crippen molar-refractivity contribution in [3.05, 3.63) is 66.2 Å². The quantitative estimate of drug-likeness (QED) is 0.663. The van der Waals surface area contributed by atoms with E-state index in [1.54, 1.807) is 4.90 Å². The SMILES string of the molecule is CCN(CCCNC(=O)[C@@H]1COCC(=O)N1Cc1ccccc1)c1ccccc1. The van der Waals surface area contributed by atoms with E-state index in [1.165, 1.54) is 5.69 Å². The van der Waals surface area contributed by atoms with Crippen molar-refractivity contribution in [2.24, 2.45) is 0 Å². The van der Waals surface area contributed by atoms with Crippen LogP contribution in [0.2, 0.25) is 0 Å². The number of nitrogens with zero attached hydrogens (tertiary/aromatic N) is 2. The lowest BCUT2D eigenvalue weighted by Crippen LogP contribution is -2.56. The van der Waals surface area contributed by atoms with E-state index >= 15 is 0 Å². The molecule has 1 heterocycles. The minimum Gasteiger partial charge on any atom is -0.372 e. The average Bonchev–Trinajstić information content (AvgIpc) is 2.76. The second kappa shape index (κ2) is 10.6. The Morgan fingerprint density at radius 2 is 1.83 bits per heavy atom. The van der Waals surface area contributed by atoms with Crippen LogP contribution in [0.1, 0.15) is 18.9 Å². The topological polar surface area (TPSA) is 61.9 Å². The number of carbonyl (C=O) groups excluding carboxylic acids is 2. The number of nitrogens with one attached hydrogen (secondary N) is 1. The summed E-state index contributed by atoms with van der Waals surface area (Å²) < 4.78 is 5.34. The van der Waals surface area contributed by atoms with E-state index in [4.69, 9.17) is 4.74 Å². The number of morpholine rings is 1. The second-order valence-corrected chi connectivity index (χ2v) is 7.10. The highest BCUT2D eigenvalue weighted by molar-refractivity contribution is 5.89. The Morgan fingerprint density at radius 1 is 1.14 bits per heavy atom. The lowest BCUT2D eigenvalue weighted by atomic mass is 10.1. The largest absolute Gasteiger partial charge is 0.372 e. The fourth-order valence-corrected chi connectivity index (χ4v) is 3.51. The Labute approximate surface area is 172 Å². The van der Waals surface area contributed by atoms with Crippen LogP contribution < -0.4 is 10.2 Å². The Morgan fingerprint density at radius 3 is 2.52 bits per heavy atom. The van der Waals surface area contributed by atoms with Crippen molar-refractivity contribution in [1.29, 1.82) is 0 Å². The monoisotopic (exact) mass is 395 g/mol. The third-order valence-corrected chi connectivity index (χ3v) is 5.10. The molecule has 0 aliphatic carbocycles. The molecule has 2 amide bonds. The molecule has 1 aliphatic heterocycles. The highest BCUT2D eigenvalue weighted by atomic mass is 16.5. The fourth-order valence-electron chi connectivity index (χ4n) is 3.51. The summed E-state index contributed by atoms with van der Waals surface area (Å²) in [6.45, 7) is 5.12. The van der Waals surface area contributed by atoms with Gasteiger partial charge in [-0.1, -0.05) is 48.5 Å². The van der Waals surface area contributed by atoms with E-state index < -0.39 is 6.04 Å². The van der Waals surface area contributed by atoms with Gasteiger partial charge in [-0.25, -0.2) is 0 Å². The maximum atomic E-state index is 12.7. The number of benzene rings is 2. The van der Waals surface area contributed by atoms with Crippen molar-refractivity contribution in [2.75, 3.05) is 37.7 Å². The van der Waals surface area contributed by atoms with Crippen molar-refractivity contribution in [1.82, 2.24) is 10.2 Å². The summed E-state index contributed by atoms with van der Waals surface area (Å²) in [6, 6.07) is 19.4. The highest BCUT2D eigenvalue weighted by Crippen LogP contribution is 2.15. The zero-order valence-corrected chi connectivity index (χ0v) is 16.9. The van der Waals surface area contributed by atoms with Gasteiger partial charge in [0.15, 0.2) is 0 Å². The molecule has 1 aliphatic rings. The maximum Gasteiger partial charge on any atom is 0.249 e. The zero-order valence-electron chi connectivity index (χ0n) is 16.9. The first-order valence-corrected chi connectivity index (χ1v) is 10.2. The van der Waals surface area contributed by atoms with Crippen LogP contribution in [0.15, 0.2) is 60.7 Å². The summed E-state index contributed by atoms with van der Waals surface area (Å²) in [5.41, 5.74) is 2.18. The average molecular weight is 396 g/mol. The van der Waals surface area contributed by atoms with E-state index in [-0.39, 0.29) is 25.0 Å². The molecule has 6 nitrogen and oxygen atoms in total. The molecular formula is C23H29N3O3. The summed E-state index contributed by atoms with van der Waals surface area (Å²) in [4.78, 5) is 29.0. The van der Waals surface area contributed by atoms with Gasteiger partial charge in [-0.3, -0.25) is 9.59 Å². The molecule has 1 N–H and O–H groups in total. The van der Waals surface area contributed by atoms with Gasteiger partial charge in [0.1, 0.15) is 12.6 Å².